The second kappa shape index (κ2) is 33.4. The summed E-state index contributed by atoms with van der Waals surface area (Å²) in [6.45, 7) is 1.70. The fraction of sp³-hybridized carbons (Fsp3) is 0.786. The number of hydrogen-bond acceptors (Lipinski definition) is 11. The Morgan fingerprint density at radius 1 is 0.719 bits per heavy atom. The zero-order chi connectivity index (χ0) is 42.1. The molecular weight excluding hydrogens is 731 g/mol. The number of primary amides is 1. The third kappa shape index (κ3) is 26.9. The van der Waals surface area contributed by atoms with Crippen LogP contribution in [0.4, 0.5) is 0 Å². The lowest BCUT2D eigenvalue weighted by molar-refractivity contribution is -0.137. The number of H-pyrrole nitrogens is 1. The molecule has 15 heteroatoms. The van der Waals surface area contributed by atoms with E-state index >= 15 is 0 Å². The molecule has 0 spiro atoms. The predicted molar refractivity (Wildman–Crippen MR) is 221 cm³/mol. The number of aliphatic carboxylic acids is 1. The summed E-state index contributed by atoms with van der Waals surface area (Å²) >= 11 is 0. The molecule has 0 fully saturated rings. The van der Waals surface area contributed by atoms with Crippen LogP contribution in [0.5, 0.6) is 0 Å². The quantitative estimate of drug-likeness (QED) is 0.0435. The van der Waals surface area contributed by atoms with E-state index in [9.17, 15) is 33.9 Å². The van der Waals surface area contributed by atoms with Crippen molar-refractivity contribution >= 4 is 35.1 Å². The molecular formula is C42H75N7O8. The van der Waals surface area contributed by atoms with Crippen LogP contribution in [0.15, 0.2) is 12.5 Å². The smallest absolute Gasteiger partial charge is 0.303 e. The van der Waals surface area contributed by atoms with Crippen molar-refractivity contribution in [1.82, 2.24) is 25.9 Å². The first-order valence-electron chi connectivity index (χ1n) is 21.6. The number of carboxylic acids is 1. The summed E-state index contributed by atoms with van der Waals surface area (Å²) in [5.74, 6) is -3.27. The molecule has 57 heavy (non-hydrogen) atoms. The van der Waals surface area contributed by atoms with Crippen molar-refractivity contribution in [2.24, 2.45) is 17.4 Å². The molecule has 10 N–H and O–H groups in total. The second-order valence-corrected chi connectivity index (χ2v) is 15.5. The van der Waals surface area contributed by atoms with Crippen LogP contribution in [0.3, 0.4) is 0 Å². The average molecular weight is 806 g/mol. The fourth-order valence-corrected chi connectivity index (χ4v) is 6.72. The van der Waals surface area contributed by atoms with E-state index in [0.29, 0.717) is 45.1 Å². The zero-order valence-electron chi connectivity index (χ0n) is 34.7. The highest BCUT2D eigenvalue weighted by molar-refractivity contribution is 5.91. The Hall–Kier alpha value is -3.53. The number of ketones is 3. The Balaban J connectivity index is 2.38. The molecule has 2 amide bonds. The topological polar surface area (TPSA) is 260 Å². The number of Topliss-reactive ketones (excluding diaryl/α,β-unsaturated/α-hetero) is 3. The molecule has 1 aromatic rings. The van der Waals surface area contributed by atoms with Crippen molar-refractivity contribution in [2.75, 3.05) is 26.2 Å². The first-order valence-corrected chi connectivity index (χ1v) is 21.6. The van der Waals surface area contributed by atoms with Gasteiger partial charge >= 0.3 is 5.97 Å². The third-order valence-electron chi connectivity index (χ3n) is 10.4. The van der Waals surface area contributed by atoms with Crippen LogP contribution in [0.25, 0.3) is 0 Å². The van der Waals surface area contributed by atoms with E-state index in [1.807, 2.05) is 6.92 Å². The minimum Gasteiger partial charge on any atom is -0.481 e. The molecule has 326 valence electrons. The van der Waals surface area contributed by atoms with Crippen LogP contribution in [-0.2, 0) is 35.2 Å². The molecule has 0 saturated carbocycles. The van der Waals surface area contributed by atoms with Crippen LogP contribution in [0.1, 0.15) is 160 Å². The predicted octanol–water partition coefficient (Wildman–Crippen LogP) is 4.19. The van der Waals surface area contributed by atoms with Crippen LogP contribution in [0.2, 0.25) is 0 Å². The van der Waals surface area contributed by atoms with Crippen molar-refractivity contribution in [2.45, 2.75) is 179 Å². The minimum atomic E-state index is -1.02. The number of imidazole rings is 1. The molecule has 1 rings (SSSR count). The maximum atomic E-state index is 13.4. The van der Waals surface area contributed by atoms with Crippen LogP contribution in [0, 0.1) is 5.92 Å². The summed E-state index contributed by atoms with van der Waals surface area (Å²) in [7, 11) is 0. The van der Waals surface area contributed by atoms with E-state index in [-0.39, 0.29) is 49.2 Å². The van der Waals surface area contributed by atoms with Crippen molar-refractivity contribution in [3.63, 3.8) is 0 Å². The lowest BCUT2D eigenvalue weighted by Gasteiger charge is -2.22. The Morgan fingerprint density at radius 3 is 1.75 bits per heavy atom. The molecule has 1 aromatic heterocycles. The van der Waals surface area contributed by atoms with Gasteiger partial charge < -0.3 is 42.6 Å². The van der Waals surface area contributed by atoms with E-state index in [1.165, 1.54) is 57.7 Å². The highest BCUT2D eigenvalue weighted by Gasteiger charge is 2.27. The Labute approximate surface area is 340 Å². The average Bonchev–Trinajstić information content (AvgIpc) is 3.70. The van der Waals surface area contributed by atoms with Crippen LogP contribution < -0.4 is 27.4 Å². The standard InChI is InChI=1S/C42H75N7O8/c1-2-3-20-36(47-28-38(52)34(43)26-33-27-45-31-49-33)39(53)29-48-35(37(51)25-32(30-50)42(44)57)21-18-19-24-46-40(54)22-16-14-12-10-8-6-4-5-7-9-11-13-15-17-23-41(55)56/h27,31-32,34-36,47-48,50H,2-26,28-30,43H2,1H3,(H2,44,57)(H,45,49)(H,46,54)(H,55,56)/t32-,34-,35-,36-/m0/s1. The van der Waals surface area contributed by atoms with Crippen molar-refractivity contribution in [3.05, 3.63) is 18.2 Å². The maximum absolute atomic E-state index is 13.4. The summed E-state index contributed by atoms with van der Waals surface area (Å²) in [6, 6.07) is -2.14. The minimum absolute atomic E-state index is 0.00634. The Kier molecular flexibility index (Phi) is 30.2. The number of nitrogens with two attached hydrogens (primary N) is 2. The molecule has 0 saturated heterocycles. The number of hydrogen-bond donors (Lipinski definition) is 8. The largest absolute Gasteiger partial charge is 0.481 e. The number of nitrogens with one attached hydrogen (secondary N) is 4. The number of amides is 2. The maximum Gasteiger partial charge on any atom is 0.303 e. The molecule has 0 aromatic carbocycles. The molecule has 0 bridgehead atoms. The first-order chi connectivity index (χ1) is 27.5. The summed E-state index contributed by atoms with van der Waals surface area (Å²) < 4.78 is 0. The SMILES string of the molecule is CCCC[C@H](NCC(=O)[C@@H](N)Cc1cnc[nH]1)C(=O)CN[C@@H](CCCCNC(=O)CCCCCCCCCCCCCCCCC(=O)O)C(=O)C[C@@H](CO)C(N)=O. The molecule has 0 aliphatic heterocycles. The van der Waals surface area contributed by atoms with Gasteiger partial charge in [0.05, 0.1) is 50.1 Å². The molecule has 0 unspecified atom stereocenters. The summed E-state index contributed by atoms with van der Waals surface area (Å²) in [5, 5.41) is 27.3. The number of unbranched alkanes of at least 4 members (excludes halogenated alkanes) is 15. The van der Waals surface area contributed by atoms with Gasteiger partial charge in [0.25, 0.3) is 0 Å². The molecule has 0 aliphatic rings. The van der Waals surface area contributed by atoms with Gasteiger partial charge in [0.15, 0.2) is 17.3 Å². The monoisotopic (exact) mass is 806 g/mol. The molecule has 0 aliphatic carbocycles. The number of aliphatic hydroxyl groups is 1. The number of aromatic nitrogens is 2. The lowest BCUT2D eigenvalue weighted by Crippen LogP contribution is -2.49. The van der Waals surface area contributed by atoms with E-state index in [0.717, 1.165) is 57.1 Å². The number of carbonyl (C=O) groups is 6. The van der Waals surface area contributed by atoms with Gasteiger partial charge in [-0.15, -0.1) is 0 Å². The number of aliphatic hydroxyl groups excluding tert-OH is 1. The van der Waals surface area contributed by atoms with Gasteiger partial charge in [0.1, 0.15) is 0 Å². The van der Waals surface area contributed by atoms with Gasteiger partial charge in [0, 0.05) is 44.1 Å². The number of carboxylic acid groups (broad SMARTS) is 1. The summed E-state index contributed by atoms with van der Waals surface area (Å²) in [5.41, 5.74) is 12.2. The Bertz CT molecular complexity index is 1260. The third-order valence-corrected chi connectivity index (χ3v) is 10.4. The molecule has 0 radical (unpaired) electrons. The lowest BCUT2D eigenvalue weighted by atomic mass is 9.95. The summed E-state index contributed by atoms with van der Waals surface area (Å²) in [6.07, 6.45) is 23.3. The first kappa shape index (κ1) is 51.5. The highest BCUT2D eigenvalue weighted by Crippen LogP contribution is 2.15. The van der Waals surface area contributed by atoms with Crippen LogP contribution >= 0.6 is 0 Å². The normalized spacial score (nSPS) is 13.5. The molecule has 1 heterocycles. The van der Waals surface area contributed by atoms with Crippen molar-refractivity contribution in [3.8, 4) is 0 Å². The van der Waals surface area contributed by atoms with E-state index in [4.69, 9.17) is 16.6 Å². The molecule has 4 atom stereocenters. The van der Waals surface area contributed by atoms with Crippen molar-refractivity contribution in [1.29, 1.82) is 0 Å². The van der Waals surface area contributed by atoms with Gasteiger partial charge in [-0.3, -0.25) is 28.8 Å². The van der Waals surface area contributed by atoms with Crippen LogP contribution in [-0.4, -0.2) is 99.7 Å². The second-order valence-electron chi connectivity index (χ2n) is 15.5. The van der Waals surface area contributed by atoms with Gasteiger partial charge in [-0.2, -0.15) is 0 Å². The van der Waals surface area contributed by atoms with E-state index in [1.54, 1.807) is 6.20 Å². The van der Waals surface area contributed by atoms with Crippen molar-refractivity contribution < 1.29 is 39.0 Å². The van der Waals surface area contributed by atoms with Gasteiger partial charge in [-0.1, -0.05) is 96.8 Å². The number of nitrogens with zero attached hydrogens (tertiary/aromatic N) is 1. The number of carbonyl (C=O) groups excluding carboxylic acids is 5. The van der Waals surface area contributed by atoms with Gasteiger partial charge in [-0.05, 0) is 38.5 Å². The Morgan fingerprint density at radius 2 is 1.25 bits per heavy atom. The fourth-order valence-electron chi connectivity index (χ4n) is 6.72. The summed E-state index contributed by atoms with van der Waals surface area (Å²) in [4.78, 5) is 80.8. The van der Waals surface area contributed by atoms with E-state index < -0.39 is 42.5 Å². The number of aromatic amines is 1. The highest BCUT2D eigenvalue weighted by atomic mass is 16.4. The van der Waals surface area contributed by atoms with E-state index in [2.05, 4.69) is 25.9 Å². The number of rotatable bonds is 40. The zero-order valence-corrected chi connectivity index (χ0v) is 34.7. The van der Waals surface area contributed by atoms with Gasteiger partial charge in [-0.25, -0.2) is 4.98 Å². The van der Waals surface area contributed by atoms with Gasteiger partial charge in [0.2, 0.25) is 11.8 Å². The molecule has 15 nitrogen and oxygen atoms in total.